The largest absolute Gasteiger partial charge is 0.453 e. The van der Waals surface area contributed by atoms with E-state index in [0.717, 1.165) is 16.5 Å². The van der Waals surface area contributed by atoms with Gasteiger partial charge in [0, 0.05) is 17.1 Å². The van der Waals surface area contributed by atoms with E-state index in [0.29, 0.717) is 22.8 Å². The third-order valence-electron chi connectivity index (χ3n) is 2.69. The fourth-order valence-electron chi connectivity index (χ4n) is 1.89. The van der Waals surface area contributed by atoms with Gasteiger partial charge in [-0.25, -0.2) is 0 Å². The van der Waals surface area contributed by atoms with E-state index in [2.05, 4.69) is 4.98 Å². The molecule has 3 rings (SSSR count). The zero-order chi connectivity index (χ0) is 12.5. The first-order chi connectivity index (χ1) is 8.78. The predicted molar refractivity (Wildman–Crippen MR) is 69.8 cm³/mol. The number of nitrogens with zero attached hydrogens (tertiary/aromatic N) is 1. The Morgan fingerprint density at radius 1 is 1.22 bits per heavy atom. The maximum Gasteiger partial charge on any atom is 0.185 e. The summed E-state index contributed by atoms with van der Waals surface area (Å²) in [4.78, 5) is 14.9. The summed E-state index contributed by atoms with van der Waals surface area (Å²) < 4.78 is 5.42. The lowest BCUT2D eigenvalue weighted by molar-refractivity contribution is 0.110. The summed E-state index contributed by atoms with van der Waals surface area (Å²) in [5.74, 6) is 0.925. The summed E-state index contributed by atoms with van der Waals surface area (Å²) in [6.07, 6.45) is 2.27. The number of pyridine rings is 1. The molecule has 4 heteroatoms. The number of halogens is 1. The second-order valence-corrected chi connectivity index (χ2v) is 4.29. The summed E-state index contributed by atoms with van der Waals surface area (Å²) in [5.41, 5.74) is 1.64. The standard InChI is InChI=1S/C14H8ClNO2/c15-10-6-9-2-1-3-12(14(9)16-7-10)13-5-4-11(8-17)18-13/h1-8H. The topological polar surface area (TPSA) is 43.1 Å². The van der Waals surface area contributed by atoms with Gasteiger partial charge in [0.05, 0.1) is 10.5 Å². The SMILES string of the molecule is O=Cc1ccc(-c2cccc3cc(Cl)cnc23)o1. The highest BCUT2D eigenvalue weighted by Gasteiger charge is 2.09. The fraction of sp³-hybridized carbons (Fsp3) is 0. The van der Waals surface area contributed by atoms with Gasteiger partial charge < -0.3 is 4.42 Å². The molecule has 88 valence electrons. The van der Waals surface area contributed by atoms with Crippen molar-refractivity contribution in [1.29, 1.82) is 0 Å². The van der Waals surface area contributed by atoms with Crippen molar-refractivity contribution in [3.8, 4) is 11.3 Å². The molecule has 0 fully saturated rings. The van der Waals surface area contributed by atoms with Crippen LogP contribution in [0.3, 0.4) is 0 Å². The highest BCUT2D eigenvalue weighted by atomic mass is 35.5. The molecule has 0 amide bonds. The molecule has 3 nitrogen and oxygen atoms in total. The molecule has 0 saturated carbocycles. The Kier molecular flexibility index (Phi) is 2.61. The Balaban J connectivity index is 2.25. The number of carbonyl (C=O) groups excluding carboxylic acids is 1. The second-order valence-electron chi connectivity index (χ2n) is 3.85. The van der Waals surface area contributed by atoms with Crippen LogP contribution in [0.2, 0.25) is 5.02 Å². The Bertz CT molecular complexity index is 733. The average molecular weight is 258 g/mol. The Labute approximate surface area is 108 Å². The summed E-state index contributed by atoms with van der Waals surface area (Å²) in [7, 11) is 0. The van der Waals surface area contributed by atoms with E-state index >= 15 is 0 Å². The molecule has 2 heterocycles. The Hall–Kier alpha value is -2.13. The molecule has 0 spiro atoms. The van der Waals surface area contributed by atoms with E-state index in [9.17, 15) is 4.79 Å². The lowest BCUT2D eigenvalue weighted by Gasteiger charge is -2.03. The van der Waals surface area contributed by atoms with Crippen molar-refractivity contribution in [3.63, 3.8) is 0 Å². The van der Waals surface area contributed by atoms with Crippen LogP contribution in [0.25, 0.3) is 22.2 Å². The number of fused-ring (bicyclic) bond motifs is 1. The predicted octanol–water partition coefficient (Wildman–Crippen LogP) is 3.96. The summed E-state index contributed by atoms with van der Waals surface area (Å²) in [5, 5.41) is 1.52. The van der Waals surface area contributed by atoms with Gasteiger partial charge in [-0.05, 0) is 24.3 Å². The van der Waals surface area contributed by atoms with Crippen molar-refractivity contribution in [3.05, 3.63) is 53.4 Å². The van der Waals surface area contributed by atoms with Crippen LogP contribution in [0.5, 0.6) is 0 Å². The second kappa shape index (κ2) is 4.27. The number of carbonyl (C=O) groups is 1. The van der Waals surface area contributed by atoms with E-state index in [-0.39, 0.29) is 0 Å². The Morgan fingerprint density at radius 2 is 2.11 bits per heavy atom. The van der Waals surface area contributed by atoms with Gasteiger partial charge in [-0.1, -0.05) is 23.7 Å². The zero-order valence-electron chi connectivity index (χ0n) is 9.26. The van der Waals surface area contributed by atoms with Crippen LogP contribution in [-0.4, -0.2) is 11.3 Å². The fourth-order valence-corrected chi connectivity index (χ4v) is 2.06. The molecular formula is C14H8ClNO2. The monoisotopic (exact) mass is 257 g/mol. The van der Waals surface area contributed by atoms with Crippen molar-refractivity contribution >= 4 is 28.8 Å². The zero-order valence-corrected chi connectivity index (χ0v) is 10.0. The van der Waals surface area contributed by atoms with E-state index in [1.165, 1.54) is 0 Å². The van der Waals surface area contributed by atoms with Crippen LogP contribution < -0.4 is 0 Å². The van der Waals surface area contributed by atoms with Gasteiger partial charge >= 0.3 is 0 Å². The Morgan fingerprint density at radius 3 is 2.89 bits per heavy atom. The number of hydrogen-bond acceptors (Lipinski definition) is 3. The smallest absolute Gasteiger partial charge is 0.185 e. The minimum Gasteiger partial charge on any atom is -0.453 e. The van der Waals surface area contributed by atoms with Crippen LogP contribution in [0.1, 0.15) is 10.6 Å². The summed E-state index contributed by atoms with van der Waals surface area (Å²) in [6, 6.07) is 11.0. The normalized spacial score (nSPS) is 10.7. The van der Waals surface area contributed by atoms with Gasteiger partial charge in [0.1, 0.15) is 5.76 Å². The molecule has 0 atom stereocenters. The van der Waals surface area contributed by atoms with Gasteiger partial charge in [0.2, 0.25) is 0 Å². The molecule has 3 aromatic rings. The van der Waals surface area contributed by atoms with Gasteiger partial charge in [-0.3, -0.25) is 9.78 Å². The van der Waals surface area contributed by atoms with Crippen LogP contribution in [-0.2, 0) is 0 Å². The highest BCUT2D eigenvalue weighted by Crippen LogP contribution is 2.29. The third-order valence-corrected chi connectivity index (χ3v) is 2.89. The minimum atomic E-state index is 0.302. The quantitative estimate of drug-likeness (QED) is 0.653. The van der Waals surface area contributed by atoms with Crippen molar-refractivity contribution in [2.75, 3.05) is 0 Å². The molecule has 0 aliphatic rings. The highest BCUT2D eigenvalue weighted by molar-refractivity contribution is 6.31. The van der Waals surface area contributed by atoms with E-state index in [1.54, 1.807) is 18.3 Å². The molecule has 18 heavy (non-hydrogen) atoms. The molecule has 1 aromatic carbocycles. The molecule has 0 radical (unpaired) electrons. The number of furan rings is 1. The number of aldehydes is 1. The van der Waals surface area contributed by atoms with E-state index in [1.807, 2.05) is 24.3 Å². The van der Waals surface area contributed by atoms with Gasteiger partial charge in [-0.15, -0.1) is 0 Å². The van der Waals surface area contributed by atoms with Crippen molar-refractivity contribution in [1.82, 2.24) is 4.98 Å². The van der Waals surface area contributed by atoms with Gasteiger partial charge in [0.25, 0.3) is 0 Å². The maximum absolute atomic E-state index is 10.6. The van der Waals surface area contributed by atoms with E-state index in [4.69, 9.17) is 16.0 Å². The third kappa shape index (κ3) is 1.79. The average Bonchev–Trinajstić information content (AvgIpc) is 2.86. The first kappa shape index (κ1) is 11.0. The molecule has 0 aliphatic heterocycles. The first-order valence-electron chi connectivity index (χ1n) is 5.37. The minimum absolute atomic E-state index is 0.302. The number of benzene rings is 1. The molecule has 0 N–H and O–H groups in total. The number of aromatic nitrogens is 1. The summed E-state index contributed by atoms with van der Waals surface area (Å²) >= 11 is 5.91. The van der Waals surface area contributed by atoms with Crippen LogP contribution in [0, 0.1) is 0 Å². The van der Waals surface area contributed by atoms with Crippen molar-refractivity contribution < 1.29 is 9.21 Å². The lowest BCUT2D eigenvalue weighted by Crippen LogP contribution is -1.83. The van der Waals surface area contributed by atoms with Crippen LogP contribution in [0.15, 0.2) is 47.0 Å². The molecule has 0 aliphatic carbocycles. The summed E-state index contributed by atoms with van der Waals surface area (Å²) in [6.45, 7) is 0. The molecule has 0 saturated heterocycles. The van der Waals surface area contributed by atoms with Crippen molar-refractivity contribution in [2.24, 2.45) is 0 Å². The van der Waals surface area contributed by atoms with Crippen LogP contribution in [0.4, 0.5) is 0 Å². The maximum atomic E-state index is 10.6. The number of rotatable bonds is 2. The van der Waals surface area contributed by atoms with E-state index < -0.39 is 0 Å². The number of para-hydroxylation sites is 1. The van der Waals surface area contributed by atoms with Crippen molar-refractivity contribution in [2.45, 2.75) is 0 Å². The van der Waals surface area contributed by atoms with Crippen LogP contribution >= 0.6 is 11.6 Å². The van der Waals surface area contributed by atoms with Gasteiger partial charge in [-0.2, -0.15) is 0 Å². The number of hydrogen-bond donors (Lipinski definition) is 0. The first-order valence-corrected chi connectivity index (χ1v) is 5.75. The molecule has 0 unspecified atom stereocenters. The molecule has 2 aromatic heterocycles. The molecular weight excluding hydrogens is 250 g/mol. The molecule has 0 bridgehead atoms. The van der Waals surface area contributed by atoms with Gasteiger partial charge in [0.15, 0.2) is 12.0 Å². The lowest BCUT2D eigenvalue weighted by atomic mass is 10.1.